The number of nitrogens with one attached hydrogen (secondary N) is 1. The van der Waals surface area contributed by atoms with Gasteiger partial charge in [-0.2, -0.15) is 5.10 Å². The van der Waals surface area contributed by atoms with Crippen molar-refractivity contribution in [2.24, 2.45) is 7.05 Å². The lowest BCUT2D eigenvalue weighted by Gasteiger charge is -2.29. The van der Waals surface area contributed by atoms with Gasteiger partial charge < -0.3 is 5.32 Å². The highest BCUT2D eigenvalue weighted by molar-refractivity contribution is 5.08. The van der Waals surface area contributed by atoms with Crippen molar-refractivity contribution >= 4 is 0 Å². The zero-order valence-corrected chi connectivity index (χ0v) is 11.8. The third kappa shape index (κ3) is 3.80. The van der Waals surface area contributed by atoms with Crippen molar-refractivity contribution in [3.8, 4) is 0 Å². The average molecular weight is 251 g/mol. The van der Waals surface area contributed by atoms with Gasteiger partial charge in [-0.1, -0.05) is 0 Å². The second kappa shape index (κ2) is 6.31. The summed E-state index contributed by atoms with van der Waals surface area (Å²) in [4.78, 5) is 4.90. The van der Waals surface area contributed by atoms with Gasteiger partial charge in [0, 0.05) is 52.9 Å². The van der Waals surface area contributed by atoms with Crippen LogP contribution in [0.3, 0.4) is 0 Å². The maximum atomic E-state index is 4.39. The van der Waals surface area contributed by atoms with Crippen LogP contribution in [0, 0.1) is 6.92 Å². The van der Waals surface area contributed by atoms with Crippen molar-refractivity contribution in [2.45, 2.75) is 13.5 Å². The summed E-state index contributed by atoms with van der Waals surface area (Å²) < 4.78 is 1.98. The second-order valence-electron chi connectivity index (χ2n) is 5.23. The Bertz CT molecular complexity index is 367. The van der Waals surface area contributed by atoms with E-state index in [1.54, 1.807) is 0 Å². The largest absolute Gasteiger partial charge is 0.314 e. The van der Waals surface area contributed by atoms with E-state index in [-0.39, 0.29) is 0 Å². The topological polar surface area (TPSA) is 36.3 Å². The lowest BCUT2D eigenvalue weighted by Crippen LogP contribution is -2.45. The molecule has 0 aliphatic carbocycles. The molecule has 2 heterocycles. The molecule has 0 aromatic carbocycles. The van der Waals surface area contributed by atoms with Crippen molar-refractivity contribution in [2.75, 3.05) is 46.3 Å². The molecule has 1 fully saturated rings. The van der Waals surface area contributed by atoms with E-state index in [1.165, 1.54) is 18.8 Å². The minimum Gasteiger partial charge on any atom is -0.314 e. The molecule has 2 rings (SSSR count). The number of nitrogens with zero attached hydrogens (tertiary/aromatic N) is 4. The van der Waals surface area contributed by atoms with Gasteiger partial charge in [0.1, 0.15) is 0 Å². The van der Waals surface area contributed by atoms with Crippen molar-refractivity contribution in [1.29, 1.82) is 0 Å². The van der Waals surface area contributed by atoms with Gasteiger partial charge >= 0.3 is 0 Å². The Kier molecular flexibility index (Phi) is 4.74. The van der Waals surface area contributed by atoms with Gasteiger partial charge in [0.05, 0.1) is 11.4 Å². The first-order valence-corrected chi connectivity index (χ1v) is 6.76. The van der Waals surface area contributed by atoms with Crippen LogP contribution in [0.25, 0.3) is 0 Å². The zero-order chi connectivity index (χ0) is 13.0. The molecule has 1 aliphatic heterocycles. The molecular formula is C13H25N5. The van der Waals surface area contributed by atoms with Crippen LogP contribution < -0.4 is 5.32 Å². The van der Waals surface area contributed by atoms with Crippen LogP contribution in [0.2, 0.25) is 0 Å². The van der Waals surface area contributed by atoms with Gasteiger partial charge in [-0.15, -0.1) is 0 Å². The minimum absolute atomic E-state index is 0.976. The fourth-order valence-electron chi connectivity index (χ4n) is 2.41. The highest BCUT2D eigenvalue weighted by Crippen LogP contribution is 2.05. The van der Waals surface area contributed by atoms with E-state index in [1.807, 2.05) is 18.7 Å². The molecule has 5 heteroatoms. The Labute approximate surface area is 110 Å². The van der Waals surface area contributed by atoms with Crippen LogP contribution in [0.15, 0.2) is 6.07 Å². The molecule has 0 bridgehead atoms. The van der Waals surface area contributed by atoms with Crippen LogP contribution in [0.1, 0.15) is 11.4 Å². The first kappa shape index (κ1) is 13.5. The van der Waals surface area contributed by atoms with Crippen LogP contribution in [-0.4, -0.2) is 65.9 Å². The molecule has 1 aromatic heterocycles. The highest BCUT2D eigenvalue weighted by Gasteiger charge is 2.11. The van der Waals surface area contributed by atoms with Gasteiger partial charge in [0.15, 0.2) is 0 Å². The Balaban J connectivity index is 1.74. The van der Waals surface area contributed by atoms with Gasteiger partial charge in [0.2, 0.25) is 0 Å². The SMILES string of the molecule is Cc1cc(CN(C)CCN2CCNCC2)n(C)n1. The standard InChI is InChI=1S/C13H25N5/c1-12-10-13(17(3)15-12)11-16(2)8-9-18-6-4-14-5-7-18/h10,14H,4-9,11H2,1-3H3. The second-order valence-corrected chi connectivity index (χ2v) is 5.23. The summed E-state index contributed by atoms with van der Waals surface area (Å²) in [7, 11) is 4.21. The van der Waals surface area contributed by atoms with E-state index in [4.69, 9.17) is 0 Å². The summed E-state index contributed by atoms with van der Waals surface area (Å²) in [5.41, 5.74) is 2.39. The molecule has 1 saturated heterocycles. The normalized spacial score (nSPS) is 17.6. The fraction of sp³-hybridized carbons (Fsp3) is 0.769. The van der Waals surface area contributed by atoms with Gasteiger partial charge in [-0.25, -0.2) is 0 Å². The molecule has 0 spiro atoms. The van der Waals surface area contributed by atoms with Crippen molar-refractivity contribution < 1.29 is 0 Å². The predicted molar refractivity (Wildman–Crippen MR) is 73.6 cm³/mol. The number of rotatable bonds is 5. The molecule has 18 heavy (non-hydrogen) atoms. The summed E-state index contributed by atoms with van der Waals surface area (Å²) in [6, 6.07) is 2.17. The maximum absolute atomic E-state index is 4.39. The lowest BCUT2D eigenvalue weighted by atomic mass is 10.3. The fourth-order valence-corrected chi connectivity index (χ4v) is 2.41. The van der Waals surface area contributed by atoms with E-state index < -0.39 is 0 Å². The highest BCUT2D eigenvalue weighted by atomic mass is 15.3. The summed E-state index contributed by atoms with van der Waals surface area (Å²) in [6.45, 7) is 9.92. The first-order valence-electron chi connectivity index (χ1n) is 6.76. The van der Waals surface area contributed by atoms with E-state index >= 15 is 0 Å². The number of hydrogen-bond acceptors (Lipinski definition) is 4. The minimum atomic E-state index is 0.976. The average Bonchev–Trinajstić information content (AvgIpc) is 2.67. The molecule has 0 radical (unpaired) electrons. The lowest BCUT2D eigenvalue weighted by molar-refractivity contribution is 0.200. The molecule has 5 nitrogen and oxygen atoms in total. The maximum Gasteiger partial charge on any atom is 0.0597 e. The molecule has 102 valence electrons. The predicted octanol–water partition coefficient (Wildman–Crippen LogP) is 0.0655. The van der Waals surface area contributed by atoms with Gasteiger partial charge in [0.25, 0.3) is 0 Å². The summed E-state index contributed by atoms with van der Waals surface area (Å²) >= 11 is 0. The molecule has 1 aromatic rings. The summed E-state index contributed by atoms with van der Waals surface area (Å²) in [5.74, 6) is 0. The van der Waals surface area contributed by atoms with Crippen LogP contribution in [0.4, 0.5) is 0 Å². The number of likely N-dealkylation sites (N-methyl/N-ethyl adjacent to an activating group) is 1. The molecule has 1 aliphatic rings. The van der Waals surface area contributed by atoms with Crippen molar-refractivity contribution in [3.63, 3.8) is 0 Å². The van der Waals surface area contributed by atoms with Gasteiger partial charge in [-0.05, 0) is 20.0 Å². The Hall–Kier alpha value is -0.910. The smallest absolute Gasteiger partial charge is 0.0597 e. The summed E-state index contributed by atoms with van der Waals surface area (Å²) in [6.07, 6.45) is 0. The van der Waals surface area contributed by atoms with E-state index in [2.05, 4.69) is 33.3 Å². The Morgan fingerprint density at radius 1 is 1.39 bits per heavy atom. The van der Waals surface area contributed by atoms with Gasteiger partial charge in [-0.3, -0.25) is 14.5 Å². The molecule has 0 amide bonds. The summed E-state index contributed by atoms with van der Waals surface area (Å²) in [5, 5.41) is 7.77. The monoisotopic (exact) mass is 251 g/mol. The first-order chi connectivity index (χ1) is 8.65. The number of aryl methyl sites for hydroxylation is 2. The van der Waals surface area contributed by atoms with E-state index in [0.717, 1.165) is 38.4 Å². The number of piperazine rings is 1. The molecule has 1 N–H and O–H groups in total. The number of aromatic nitrogens is 2. The number of hydrogen-bond donors (Lipinski definition) is 1. The van der Waals surface area contributed by atoms with E-state index in [0.29, 0.717) is 0 Å². The van der Waals surface area contributed by atoms with Crippen molar-refractivity contribution in [3.05, 3.63) is 17.5 Å². The molecule has 0 unspecified atom stereocenters. The van der Waals surface area contributed by atoms with E-state index in [9.17, 15) is 0 Å². The molecule has 0 atom stereocenters. The quantitative estimate of drug-likeness (QED) is 0.803. The van der Waals surface area contributed by atoms with Crippen LogP contribution in [-0.2, 0) is 13.6 Å². The van der Waals surface area contributed by atoms with Crippen LogP contribution >= 0.6 is 0 Å². The molecular weight excluding hydrogens is 226 g/mol. The van der Waals surface area contributed by atoms with Crippen LogP contribution in [0.5, 0.6) is 0 Å². The van der Waals surface area contributed by atoms with Crippen molar-refractivity contribution in [1.82, 2.24) is 24.9 Å². The Morgan fingerprint density at radius 2 is 2.11 bits per heavy atom. The molecule has 0 saturated carbocycles. The third-order valence-electron chi connectivity index (χ3n) is 3.54. The Morgan fingerprint density at radius 3 is 2.72 bits per heavy atom. The zero-order valence-electron chi connectivity index (χ0n) is 11.8. The third-order valence-corrected chi connectivity index (χ3v) is 3.54.